The van der Waals surface area contributed by atoms with Crippen molar-refractivity contribution in [2.75, 3.05) is 7.11 Å². The van der Waals surface area contributed by atoms with Gasteiger partial charge in [0, 0.05) is 17.5 Å². The van der Waals surface area contributed by atoms with Gasteiger partial charge in [0.15, 0.2) is 11.9 Å². The molecular weight excluding hydrogens is 443 g/mol. The van der Waals surface area contributed by atoms with Gasteiger partial charge in [0.1, 0.15) is 11.6 Å². The van der Waals surface area contributed by atoms with Crippen LogP contribution >= 0.6 is 11.6 Å². The molecule has 6 rings (SSSR count). The standard InChI is InChI=1S/C21H18ClFN4O5/c1-29-15-5-3-12(7-25-15)31-19-27-26-18(32-19)21-8-20(9-21,10-21)16(17(24)28)30-11-2-4-13(22)14(23)6-11/h2-7,16H,8-10H2,1H3,(H2,24,28). The number of hydrogen-bond acceptors (Lipinski definition) is 8. The lowest BCUT2D eigenvalue weighted by molar-refractivity contribution is -0.208. The van der Waals surface area contributed by atoms with E-state index in [1.807, 2.05) is 0 Å². The topological polar surface area (TPSA) is 123 Å². The molecule has 2 heterocycles. The van der Waals surface area contributed by atoms with E-state index in [1.54, 1.807) is 12.1 Å². The van der Waals surface area contributed by atoms with Crippen molar-refractivity contribution in [3.8, 4) is 23.5 Å². The minimum atomic E-state index is -0.908. The summed E-state index contributed by atoms with van der Waals surface area (Å²) in [4.78, 5) is 16.2. The second kappa shape index (κ2) is 7.33. The van der Waals surface area contributed by atoms with Crippen molar-refractivity contribution >= 4 is 17.5 Å². The van der Waals surface area contributed by atoms with Crippen molar-refractivity contribution in [1.82, 2.24) is 15.2 Å². The largest absolute Gasteiger partial charge is 0.481 e. The number of pyridine rings is 1. The summed E-state index contributed by atoms with van der Waals surface area (Å²) < 4.78 is 35.7. The Morgan fingerprint density at radius 2 is 1.97 bits per heavy atom. The molecule has 32 heavy (non-hydrogen) atoms. The Morgan fingerprint density at radius 3 is 2.59 bits per heavy atom. The minimum absolute atomic E-state index is 0.00918. The monoisotopic (exact) mass is 460 g/mol. The summed E-state index contributed by atoms with van der Waals surface area (Å²) in [6.45, 7) is 0. The van der Waals surface area contributed by atoms with E-state index in [4.69, 9.17) is 36.0 Å². The zero-order chi connectivity index (χ0) is 22.5. The number of amides is 1. The molecule has 2 aromatic heterocycles. The molecule has 1 unspecified atom stereocenters. The Hall–Kier alpha value is -3.40. The lowest BCUT2D eigenvalue weighted by Crippen LogP contribution is -2.72. The Morgan fingerprint density at radius 1 is 1.22 bits per heavy atom. The molecule has 1 amide bonds. The molecule has 0 radical (unpaired) electrons. The van der Waals surface area contributed by atoms with E-state index >= 15 is 0 Å². The highest BCUT2D eigenvalue weighted by Crippen LogP contribution is 2.75. The first-order chi connectivity index (χ1) is 15.3. The summed E-state index contributed by atoms with van der Waals surface area (Å²) in [7, 11) is 1.52. The van der Waals surface area contributed by atoms with Gasteiger partial charge in [-0.15, -0.1) is 5.10 Å². The predicted molar refractivity (Wildman–Crippen MR) is 108 cm³/mol. The Balaban J connectivity index is 1.26. The molecular formula is C21H18ClFN4O5. The number of methoxy groups -OCH3 is 1. The van der Waals surface area contributed by atoms with E-state index in [0.717, 1.165) is 6.07 Å². The van der Waals surface area contributed by atoms with Gasteiger partial charge in [-0.05, 0) is 37.5 Å². The first kappa shape index (κ1) is 20.5. The van der Waals surface area contributed by atoms with E-state index in [0.29, 0.717) is 36.8 Å². The van der Waals surface area contributed by atoms with E-state index < -0.39 is 23.2 Å². The highest BCUT2D eigenvalue weighted by Gasteiger charge is 2.75. The van der Waals surface area contributed by atoms with Crippen LogP contribution in [0.2, 0.25) is 5.02 Å². The van der Waals surface area contributed by atoms with Gasteiger partial charge in [0.05, 0.1) is 23.7 Å². The third-order valence-electron chi connectivity index (χ3n) is 6.01. The maximum Gasteiger partial charge on any atom is 0.420 e. The van der Waals surface area contributed by atoms with Crippen molar-refractivity contribution in [3.63, 3.8) is 0 Å². The number of benzene rings is 1. The summed E-state index contributed by atoms with van der Waals surface area (Å²) in [5, 5.41) is 8.02. The molecule has 1 atom stereocenters. The fraction of sp³-hybridized carbons (Fsp3) is 0.333. The van der Waals surface area contributed by atoms with Crippen LogP contribution in [0.25, 0.3) is 0 Å². The lowest BCUT2D eigenvalue weighted by atomic mass is 9.33. The number of hydrogen-bond donors (Lipinski definition) is 1. The molecule has 2 bridgehead atoms. The fourth-order valence-corrected chi connectivity index (χ4v) is 4.77. The van der Waals surface area contributed by atoms with Gasteiger partial charge >= 0.3 is 6.08 Å². The van der Waals surface area contributed by atoms with Gasteiger partial charge in [0.25, 0.3) is 5.91 Å². The zero-order valence-corrected chi connectivity index (χ0v) is 17.6. The van der Waals surface area contributed by atoms with E-state index in [1.165, 1.54) is 25.4 Å². The van der Waals surface area contributed by atoms with E-state index in [2.05, 4.69) is 15.2 Å². The molecule has 0 saturated heterocycles. The fourth-order valence-electron chi connectivity index (χ4n) is 4.66. The molecule has 3 aliphatic rings. The lowest BCUT2D eigenvalue weighted by Gasteiger charge is -2.69. The van der Waals surface area contributed by atoms with Gasteiger partial charge in [-0.25, -0.2) is 9.37 Å². The Bertz CT molecular complexity index is 1170. The highest BCUT2D eigenvalue weighted by atomic mass is 35.5. The third-order valence-corrected chi connectivity index (χ3v) is 6.32. The normalized spacial score (nSPS) is 24.1. The average Bonchev–Trinajstić information content (AvgIpc) is 3.16. The van der Waals surface area contributed by atoms with E-state index in [-0.39, 0.29) is 22.3 Å². The van der Waals surface area contributed by atoms with Crippen LogP contribution in [0, 0.1) is 11.2 Å². The van der Waals surface area contributed by atoms with Crippen LogP contribution in [0.4, 0.5) is 4.39 Å². The zero-order valence-electron chi connectivity index (χ0n) is 16.9. The van der Waals surface area contributed by atoms with Gasteiger partial charge < -0.3 is 24.4 Å². The number of carbonyl (C=O) groups excluding carboxylic acids is 1. The SMILES string of the molecule is COc1ccc(Oc2nnc(C34CC(C(Oc5ccc(Cl)c(F)c5)C(N)=O)(C3)C4)o2)cn1. The Kier molecular flexibility index (Phi) is 4.70. The number of ether oxygens (including phenoxy) is 3. The van der Waals surface area contributed by atoms with Crippen molar-refractivity contribution in [2.24, 2.45) is 11.1 Å². The van der Waals surface area contributed by atoms with E-state index in [9.17, 15) is 9.18 Å². The summed E-state index contributed by atoms with van der Waals surface area (Å²) in [5.74, 6) is 0.248. The third kappa shape index (κ3) is 3.31. The number of rotatable bonds is 8. The molecule has 166 valence electrons. The number of nitrogens with zero attached hydrogens (tertiary/aromatic N) is 3. The summed E-state index contributed by atoms with van der Waals surface area (Å²) in [5.41, 5.74) is 4.78. The summed E-state index contributed by atoms with van der Waals surface area (Å²) in [6, 6.07) is 7.31. The van der Waals surface area contributed by atoms with Gasteiger partial charge in [-0.1, -0.05) is 16.7 Å². The van der Waals surface area contributed by atoms with Gasteiger partial charge in [-0.2, -0.15) is 0 Å². The molecule has 0 aliphatic heterocycles. The van der Waals surface area contributed by atoms with Crippen LogP contribution in [-0.4, -0.2) is 34.3 Å². The molecule has 0 spiro atoms. The van der Waals surface area contributed by atoms with Crippen LogP contribution in [0.3, 0.4) is 0 Å². The van der Waals surface area contributed by atoms with Gasteiger partial charge in [0.2, 0.25) is 11.8 Å². The Labute approximate surface area is 186 Å². The molecule has 9 nitrogen and oxygen atoms in total. The molecule has 2 N–H and O–H groups in total. The highest BCUT2D eigenvalue weighted by molar-refractivity contribution is 6.30. The second-order valence-corrected chi connectivity index (χ2v) is 8.57. The molecule has 3 fully saturated rings. The quantitative estimate of drug-likeness (QED) is 0.542. The predicted octanol–water partition coefficient (Wildman–Crippen LogP) is 3.41. The number of carbonyl (C=O) groups is 1. The summed E-state index contributed by atoms with van der Waals surface area (Å²) >= 11 is 5.70. The minimum Gasteiger partial charge on any atom is -0.481 e. The summed E-state index contributed by atoms with van der Waals surface area (Å²) in [6.07, 6.45) is 2.30. The first-order valence-electron chi connectivity index (χ1n) is 9.75. The van der Waals surface area contributed by atoms with Crippen LogP contribution in [0.1, 0.15) is 25.2 Å². The molecule has 1 aromatic carbocycles. The average molecular weight is 461 g/mol. The number of nitrogens with two attached hydrogens (primary N) is 1. The van der Waals surface area contributed by atoms with Crippen LogP contribution in [-0.2, 0) is 10.2 Å². The van der Waals surface area contributed by atoms with Crippen LogP contribution in [0.5, 0.6) is 23.5 Å². The van der Waals surface area contributed by atoms with Crippen molar-refractivity contribution in [2.45, 2.75) is 30.8 Å². The van der Waals surface area contributed by atoms with Gasteiger partial charge in [-0.3, -0.25) is 4.79 Å². The van der Waals surface area contributed by atoms with Crippen molar-refractivity contribution in [3.05, 3.63) is 53.3 Å². The molecule has 3 saturated carbocycles. The van der Waals surface area contributed by atoms with Crippen LogP contribution in [0.15, 0.2) is 40.9 Å². The first-order valence-corrected chi connectivity index (χ1v) is 10.1. The maximum absolute atomic E-state index is 13.7. The molecule has 3 aromatic rings. The molecule has 11 heteroatoms. The second-order valence-electron chi connectivity index (χ2n) is 8.16. The van der Waals surface area contributed by atoms with Crippen molar-refractivity contribution in [1.29, 1.82) is 0 Å². The number of primary amides is 1. The number of halogens is 2. The van der Waals surface area contributed by atoms with Crippen molar-refractivity contribution < 1.29 is 27.8 Å². The smallest absolute Gasteiger partial charge is 0.420 e. The maximum atomic E-state index is 13.7. The number of aromatic nitrogens is 3. The molecule has 3 aliphatic carbocycles. The van der Waals surface area contributed by atoms with Crippen LogP contribution < -0.4 is 19.9 Å².